The van der Waals surface area contributed by atoms with E-state index in [0.717, 1.165) is 23.2 Å². The number of fused-ring (bicyclic) bond motifs is 2. The van der Waals surface area contributed by atoms with Crippen LogP contribution in [-0.4, -0.2) is 36.4 Å². The first kappa shape index (κ1) is 17.7. The van der Waals surface area contributed by atoms with Crippen LogP contribution in [0.2, 0.25) is 0 Å². The molecule has 29 heavy (non-hydrogen) atoms. The summed E-state index contributed by atoms with van der Waals surface area (Å²) in [5.41, 5.74) is 3.90. The summed E-state index contributed by atoms with van der Waals surface area (Å²) in [4.78, 5) is 18.9. The average Bonchev–Trinajstić information content (AvgIpc) is 3.46. The van der Waals surface area contributed by atoms with Crippen molar-refractivity contribution in [3.05, 3.63) is 59.5 Å². The number of para-hydroxylation sites is 1. The van der Waals surface area contributed by atoms with Gasteiger partial charge in [-0.05, 0) is 24.1 Å². The summed E-state index contributed by atoms with van der Waals surface area (Å²) < 4.78 is 16.0. The van der Waals surface area contributed by atoms with Gasteiger partial charge in [-0.2, -0.15) is 4.98 Å². The second kappa shape index (κ2) is 7.21. The molecule has 148 valence electrons. The first-order chi connectivity index (χ1) is 14.2. The Balaban J connectivity index is 1.32. The molecule has 1 N–H and O–H groups in total. The third-order valence-corrected chi connectivity index (χ3v) is 5.22. The summed E-state index contributed by atoms with van der Waals surface area (Å²) in [6, 6.07) is 13.4. The molecule has 2 aliphatic rings. The van der Waals surface area contributed by atoms with Gasteiger partial charge in [0.05, 0.1) is 6.04 Å². The fourth-order valence-electron chi connectivity index (χ4n) is 3.80. The summed E-state index contributed by atoms with van der Waals surface area (Å²) in [5.74, 6) is 1.61. The van der Waals surface area contributed by atoms with Gasteiger partial charge >= 0.3 is 6.03 Å². The van der Waals surface area contributed by atoms with Crippen molar-refractivity contribution in [3.8, 4) is 17.1 Å². The van der Waals surface area contributed by atoms with Crippen LogP contribution in [-0.2, 0) is 17.8 Å². The maximum absolute atomic E-state index is 12.8. The number of amides is 2. The maximum atomic E-state index is 12.8. The summed E-state index contributed by atoms with van der Waals surface area (Å²) >= 11 is 0. The smallest absolute Gasteiger partial charge is 0.322 e. The van der Waals surface area contributed by atoms with E-state index in [1.807, 2.05) is 36.4 Å². The van der Waals surface area contributed by atoms with E-state index in [1.165, 1.54) is 5.56 Å². The van der Waals surface area contributed by atoms with Crippen LogP contribution in [0.25, 0.3) is 11.4 Å². The van der Waals surface area contributed by atoms with Gasteiger partial charge in [-0.1, -0.05) is 35.5 Å². The molecule has 0 aliphatic carbocycles. The number of rotatable bonds is 4. The van der Waals surface area contributed by atoms with Crippen molar-refractivity contribution in [2.45, 2.75) is 19.1 Å². The Labute approximate surface area is 167 Å². The number of carbonyl (C=O) groups is 1. The zero-order chi connectivity index (χ0) is 19.8. The predicted molar refractivity (Wildman–Crippen MR) is 105 cm³/mol. The Hall–Kier alpha value is -3.39. The quantitative estimate of drug-likeness (QED) is 0.734. The number of anilines is 1. The predicted octanol–water partition coefficient (Wildman–Crippen LogP) is 3.09. The Morgan fingerprint density at radius 3 is 3.10 bits per heavy atom. The van der Waals surface area contributed by atoms with Crippen LogP contribution in [0.3, 0.4) is 0 Å². The molecule has 2 aromatic carbocycles. The van der Waals surface area contributed by atoms with Crippen molar-refractivity contribution in [1.29, 1.82) is 0 Å². The topological polar surface area (TPSA) is 89.7 Å². The molecule has 0 spiro atoms. The molecular formula is C21H20N4O4. The molecule has 2 aliphatic heterocycles. The molecular weight excluding hydrogens is 372 g/mol. The highest BCUT2D eigenvalue weighted by Gasteiger charge is 2.30. The van der Waals surface area contributed by atoms with Crippen LogP contribution in [0, 0.1) is 0 Å². The van der Waals surface area contributed by atoms with Crippen LogP contribution >= 0.6 is 0 Å². The average molecular weight is 392 g/mol. The van der Waals surface area contributed by atoms with Crippen LogP contribution in [0.4, 0.5) is 10.5 Å². The monoisotopic (exact) mass is 392 g/mol. The lowest BCUT2D eigenvalue weighted by atomic mass is 10.1. The van der Waals surface area contributed by atoms with E-state index >= 15 is 0 Å². The van der Waals surface area contributed by atoms with Gasteiger partial charge in [0.15, 0.2) is 0 Å². The van der Waals surface area contributed by atoms with E-state index in [1.54, 1.807) is 12.0 Å². The number of nitrogens with one attached hydrogen (secondary N) is 1. The van der Waals surface area contributed by atoms with Gasteiger partial charge in [0, 0.05) is 30.5 Å². The molecule has 3 aromatic rings. The van der Waals surface area contributed by atoms with Gasteiger partial charge < -0.3 is 19.3 Å². The lowest BCUT2D eigenvalue weighted by Crippen LogP contribution is -2.41. The van der Waals surface area contributed by atoms with E-state index < -0.39 is 0 Å². The van der Waals surface area contributed by atoms with Crippen molar-refractivity contribution in [3.63, 3.8) is 0 Å². The lowest BCUT2D eigenvalue weighted by molar-refractivity contribution is 0.151. The normalized spacial score (nSPS) is 17.0. The fraction of sp³-hybridized carbons (Fsp3) is 0.286. The van der Waals surface area contributed by atoms with Crippen molar-refractivity contribution in [2.75, 3.05) is 25.2 Å². The molecule has 3 heterocycles. The summed E-state index contributed by atoms with van der Waals surface area (Å²) in [6.07, 6.45) is 0.875. The minimum atomic E-state index is -0.200. The Morgan fingerprint density at radius 2 is 2.21 bits per heavy atom. The molecule has 0 fully saturated rings. The minimum Gasteiger partial charge on any atom is -0.491 e. The molecule has 1 atom stereocenters. The molecule has 2 amide bonds. The number of aromatic nitrogens is 2. The third kappa shape index (κ3) is 3.21. The van der Waals surface area contributed by atoms with Crippen molar-refractivity contribution in [2.24, 2.45) is 0 Å². The zero-order valence-electron chi connectivity index (χ0n) is 15.9. The Kier molecular flexibility index (Phi) is 4.40. The van der Waals surface area contributed by atoms with Crippen LogP contribution < -0.4 is 15.0 Å². The van der Waals surface area contributed by atoms with E-state index in [-0.39, 0.29) is 18.7 Å². The van der Waals surface area contributed by atoms with Gasteiger partial charge in [-0.15, -0.1) is 0 Å². The largest absolute Gasteiger partial charge is 0.491 e. The highest BCUT2D eigenvalue weighted by molar-refractivity contribution is 5.94. The molecule has 8 heteroatoms. The Bertz CT molecular complexity index is 1060. The van der Waals surface area contributed by atoms with E-state index in [2.05, 4.69) is 21.5 Å². The van der Waals surface area contributed by atoms with Crippen molar-refractivity contribution < 1.29 is 18.8 Å². The highest BCUT2D eigenvalue weighted by Crippen LogP contribution is 2.36. The molecule has 0 saturated carbocycles. The molecule has 8 nitrogen and oxygen atoms in total. The van der Waals surface area contributed by atoms with Crippen LogP contribution in [0.1, 0.15) is 23.1 Å². The maximum Gasteiger partial charge on any atom is 0.322 e. The second-order valence-electron chi connectivity index (χ2n) is 7.04. The van der Waals surface area contributed by atoms with Crippen LogP contribution in [0.15, 0.2) is 47.0 Å². The number of hydrogen-bond donors (Lipinski definition) is 1. The van der Waals surface area contributed by atoms with Gasteiger partial charge in [0.2, 0.25) is 5.82 Å². The van der Waals surface area contributed by atoms with Gasteiger partial charge in [0.25, 0.3) is 5.89 Å². The second-order valence-corrected chi connectivity index (χ2v) is 7.04. The Morgan fingerprint density at radius 1 is 1.31 bits per heavy atom. The highest BCUT2D eigenvalue weighted by atomic mass is 16.5. The first-order valence-electron chi connectivity index (χ1n) is 9.47. The fourth-order valence-corrected chi connectivity index (χ4v) is 3.80. The van der Waals surface area contributed by atoms with Gasteiger partial charge in [-0.25, -0.2) is 4.79 Å². The SMILES string of the molecule is COCc1nc(-c2ccc3c(c2)OC[C@H]3NC(=O)N2CCc3ccccc32)no1. The summed E-state index contributed by atoms with van der Waals surface area (Å²) in [5, 5.41) is 7.07. The number of hydrogen-bond acceptors (Lipinski definition) is 6. The number of ether oxygens (including phenoxy) is 2. The number of urea groups is 1. The number of methoxy groups -OCH3 is 1. The lowest BCUT2D eigenvalue weighted by Gasteiger charge is -2.20. The molecule has 0 saturated heterocycles. The molecule has 0 radical (unpaired) electrons. The molecule has 0 bridgehead atoms. The van der Waals surface area contributed by atoms with E-state index in [9.17, 15) is 4.79 Å². The van der Waals surface area contributed by atoms with Crippen molar-refractivity contribution in [1.82, 2.24) is 15.5 Å². The molecule has 1 aromatic heterocycles. The number of benzene rings is 2. The number of nitrogens with zero attached hydrogens (tertiary/aromatic N) is 3. The standard InChI is InChI=1S/C21H20N4O4/c1-27-12-19-23-20(24-29-19)14-6-7-15-16(11-28-18(15)10-14)22-21(26)25-9-8-13-4-2-3-5-17(13)25/h2-7,10,16H,8-9,11-12H2,1H3,(H,22,26)/t16-/m1/s1. The van der Waals surface area contributed by atoms with E-state index in [0.29, 0.717) is 30.6 Å². The molecule has 5 rings (SSSR count). The molecule has 0 unspecified atom stereocenters. The number of carbonyl (C=O) groups excluding carboxylic acids is 1. The van der Waals surface area contributed by atoms with E-state index in [4.69, 9.17) is 14.0 Å². The zero-order valence-corrected chi connectivity index (χ0v) is 15.9. The summed E-state index contributed by atoms with van der Waals surface area (Å²) in [6.45, 7) is 1.34. The van der Waals surface area contributed by atoms with Gasteiger partial charge in [0.1, 0.15) is 19.0 Å². The third-order valence-electron chi connectivity index (χ3n) is 5.22. The summed E-state index contributed by atoms with van der Waals surface area (Å²) in [7, 11) is 1.57. The van der Waals surface area contributed by atoms with Crippen LogP contribution in [0.5, 0.6) is 5.75 Å². The van der Waals surface area contributed by atoms with Crippen molar-refractivity contribution >= 4 is 11.7 Å². The first-order valence-corrected chi connectivity index (χ1v) is 9.47. The minimum absolute atomic E-state index is 0.108. The van der Waals surface area contributed by atoms with Gasteiger partial charge in [-0.3, -0.25) is 4.90 Å².